The molecule has 1 N–H and O–H groups in total. The van der Waals surface area contributed by atoms with Crippen molar-refractivity contribution in [3.63, 3.8) is 0 Å². The second kappa shape index (κ2) is 9.05. The molecule has 0 fully saturated rings. The fraction of sp³-hybridized carbons (Fsp3) is 0.211. The van der Waals surface area contributed by atoms with Crippen LogP contribution in [0.5, 0.6) is 0 Å². The fourth-order valence-corrected chi connectivity index (χ4v) is 3.76. The van der Waals surface area contributed by atoms with E-state index in [1.54, 1.807) is 26.0 Å². The number of nitriles is 1. The maximum Gasteiger partial charge on any atom is 0.341 e. The largest absolute Gasteiger partial charge is 0.462 e. The van der Waals surface area contributed by atoms with E-state index in [9.17, 15) is 14.9 Å². The first-order chi connectivity index (χ1) is 12.8. The lowest BCUT2D eigenvalue weighted by atomic mass is 10.1. The molecule has 0 spiro atoms. The van der Waals surface area contributed by atoms with Gasteiger partial charge in [0.05, 0.1) is 12.2 Å². The molecule has 140 valence electrons. The number of rotatable bonds is 5. The molecule has 0 saturated heterocycles. The van der Waals surface area contributed by atoms with Gasteiger partial charge in [0.1, 0.15) is 16.6 Å². The Bertz CT molecular complexity index is 974. The van der Waals surface area contributed by atoms with Gasteiger partial charge in [0.15, 0.2) is 0 Å². The lowest BCUT2D eigenvalue weighted by Crippen LogP contribution is -2.16. The van der Waals surface area contributed by atoms with Crippen LogP contribution in [-0.2, 0) is 9.53 Å². The van der Waals surface area contributed by atoms with E-state index in [1.165, 1.54) is 23.5 Å². The molecule has 1 heterocycles. The van der Waals surface area contributed by atoms with Crippen LogP contribution in [0.2, 0.25) is 10.0 Å². The maximum atomic E-state index is 12.6. The molecule has 1 aromatic carbocycles. The summed E-state index contributed by atoms with van der Waals surface area (Å²) < 4.78 is 5.06. The minimum atomic E-state index is -0.643. The molecular weight excluding hydrogens is 407 g/mol. The number of nitrogens with one attached hydrogen (secondary N) is 1. The molecule has 0 radical (unpaired) electrons. The molecule has 0 aliphatic heterocycles. The van der Waals surface area contributed by atoms with Gasteiger partial charge in [-0.1, -0.05) is 29.3 Å². The van der Waals surface area contributed by atoms with Gasteiger partial charge in [-0.25, -0.2) is 4.79 Å². The first-order valence-electron chi connectivity index (χ1n) is 7.93. The highest BCUT2D eigenvalue weighted by Crippen LogP contribution is 2.33. The molecule has 0 saturated carbocycles. The zero-order valence-corrected chi connectivity index (χ0v) is 17.2. The average molecular weight is 423 g/mol. The number of halogens is 2. The molecular formula is C19H16Cl2N2O3S. The molecule has 0 atom stereocenters. The van der Waals surface area contributed by atoms with Crippen molar-refractivity contribution in [1.82, 2.24) is 0 Å². The summed E-state index contributed by atoms with van der Waals surface area (Å²) in [6.07, 6.45) is 1.37. The lowest BCUT2D eigenvalue weighted by molar-refractivity contribution is -0.112. The second-order valence-electron chi connectivity index (χ2n) is 5.50. The summed E-state index contributed by atoms with van der Waals surface area (Å²) in [5.74, 6) is -1.16. The van der Waals surface area contributed by atoms with Crippen molar-refractivity contribution in [3.05, 3.63) is 55.4 Å². The number of nitrogens with zero attached hydrogens (tertiary/aromatic N) is 1. The average Bonchev–Trinajstić information content (AvgIpc) is 2.88. The number of carbonyl (C=O) groups is 2. The molecule has 0 bridgehead atoms. The quantitative estimate of drug-likeness (QED) is 0.397. The van der Waals surface area contributed by atoms with Crippen LogP contribution in [0.15, 0.2) is 23.8 Å². The van der Waals surface area contributed by atoms with Crippen molar-refractivity contribution in [1.29, 1.82) is 5.26 Å². The number of hydrogen-bond donors (Lipinski definition) is 1. The Morgan fingerprint density at radius 2 is 2.04 bits per heavy atom. The monoisotopic (exact) mass is 422 g/mol. The van der Waals surface area contributed by atoms with E-state index in [-0.39, 0.29) is 12.2 Å². The maximum absolute atomic E-state index is 12.6. The van der Waals surface area contributed by atoms with Gasteiger partial charge in [0, 0.05) is 14.9 Å². The summed E-state index contributed by atoms with van der Waals surface area (Å²) in [6.45, 7) is 5.55. The SMILES string of the molecule is CCOC(=O)c1c(NC(=O)C(C#N)=Cc2ccc(Cl)cc2Cl)sc(C)c1C. The number of amides is 1. The number of ether oxygens (including phenoxy) is 1. The van der Waals surface area contributed by atoms with Crippen LogP contribution in [0, 0.1) is 25.2 Å². The van der Waals surface area contributed by atoms with Crippen molar-refractivity contribution in [2.24, 2.45) is 0 Å². The Kier molecular flexibility index (Phi) is 7.03. The van der Waals surface area contributed by atoms with E-state index in [0.717, 1.165) is 10.4 Å². The van der Waals surface area contributed by atoms with Crippen molar-refractivity contribution in [2.45, 2.75) is 20.8 Å². The van der Waals surface area contributed by atoms with Gasteiger partial charge < -0.3 is 10.1 Å². The van der Waals surface area contributed by atoms with Crippen LogP contribution >= 0.6 is 34.5 Å². The molecule has 0 unspecified atom stereocenters. The van der Waals surface area contributed by atoms with Crippen molar-refractivity contribution in [2.75, 3.05) is 11.9 Å². The molecule has 2 aromatic rings. The zero-order valence-electron chi connectivity index (χ0n) is 14.9. The van der Waals surface area contributed by atoms with Crippen molar-refractivity contribution < 1.29 is 14.3 Å². The Labute approximate surface area is 171 Å². The lowest BCUT2D eigenvalue weighted by Gasteiger charge is -2.07. The normalized spacial score (nSPS) is 11.0. The standard InChI is InChI=1S/C19H16Cl2N2O3S/c1-4-26-19(25)16-10(2)11(3)27-18(16)23-17(24)13(9-22)7-12-5-6-14(20)8-15(12)21/h5-8H,4H2,1-3H3,(H,23,24). The topological polar surface area (TPSA) is 79.2 Å². The van der Waals surface area contributed by atoms with Gasteiger partial charge in [-0.05, 0) is 50.1 Å². The number of aryl methyl sites for hydroxylation is 1. The summed E-state index contributed by atoms with van der Waals surface area (Å²) in [5, 5.41) is 13.1. The highest BCUT2D eigenvalue weighted by atomic mass is 35.5. The molecule has 2 rings (SSSR count). The number of hydrogen-bond acceptors (Lipinski definition) is 5. The third-order valence-corrected chi connectivity index (χ3v) is 5.40. The van der Waals surface area contributed by atoms with E-state index in [0.29, 0.717) is 26.2 Å². The van der Waals surface area contributed by atoms with Crippen LogP contribution in [0.25, 0.3) is 6.08 Å². The molecule has 27 heavy (non-hydrogen) atoms. The molecule has 0 aliphatic carbocycles. The molecule has 1 amide bonds. The van der Waals surface area contributed by atoms with Gasteiger partial charge in [0.2, 0.25) is 0 Å². The number of benzene rings is 1. The van der Waals surface area contributed by atoms with Gasteiger partial charge in [-0.15, -0.1) is 11.3 Å². The summed E-state index contributed by atoms with van der Waals surface area (Å²) in [5.41, 5.74) is 1.36. The van der Waals surface area contributed by atoms with Crippen molar-refractivity contribution in [3.8, 4) is 6.07 Å². The number of carbonyl (C=O) groups excluding carboxylic acids is 2. The van der Waals surface area contributed by atoms with E-state index in [4.69, 9.17) is 27.9 Å². The smallest absolute Gasteiger partial charge is 0.341 e. The third kappa shape index (κ3) is 4.89. The van der Waals surface area contributed by atoms with Gasteiger partial charge >= 0.3 is 5.97 Å². The second-order valence-corrected chi connectivity index (χ2v) is 7.57. The molecule has 8 heteroatoms. The number of anilines is 1. The van der Waals surface area contributed by atoms with E-state index in [1.807, 2.05) is 13.0 Å². The molecule has 1 aromatic heterocycles. The Balaban J connectivity index is 2.35. The molecule has 5 nitrogen and oxygen atoms in total. The highest BCUT2D eigenvalue weighted by molar-refractivity contribution is 7.16. The van der Waals surface area contributed by atoms with E-state index < -0.39 is 11.9 Å². The minimum absolute atomic E-state index is 0.155. The van der Waals surface area contributed by atoms with Crippen LogP contribution in [0.4, 0.5) is 5.00 Å². The van der Waals surface area contributed by atoms with Crippen LogP contribution < -0.4 is 5.32 Å². The van der Waals surface area contributed by atoms with E-state index >= 15 is 0 Å². The van der Waals surface area contributed by atoms with E-state index in [2.05, 4.69) is 5.32 Å². The highest BCUT2D eigenvalue weighted by Gasteiger charge is 2.23. The summed E-state index contributed by atoms with van der Waals surface area (Å²) in [7, 11) is 0. The summed E-state index contributed by atoms with van der Waals surface area (Å²) in [6, 6.07) is 6.59. The Morgan fingerprint density at radius 1 is 1.33 bits per heavy atom. The summed E-state index contributed by atoms with van der Waals surface area (Å²) >= 11 is 13.2. The Hall–Kier alpha value is -2.33. The first kappa shape index (κ1) is 21.0. The van der Waals surface area contributed by atoms with Gasteiger partial charge in [0.25, 0.3) is 5.91 Å². The minimum Gasteiger partial charge on any atom is -0.462 e. The first-order valence-corrected chi connectivity index (χ1v) is 9.51. The third-order valence-electron chi connectivity index (χ3n) is 3.72. The number of thiophene rings is 1. The fourth-order valence-electron chi connectivity index (χ4n) is 2.26. The van der Waals surface area contributed by atoms with Crippen LogP contribution in [0.1, 0.15) is 33.3 Å². The predicted molar refractivity (Wildman–Crippen MR) is 108 cm³/mol. The summed E-state index contributed by atoms with van der Waals surface area (Å²) in [4.78, 5) is 25.6. The zero-order chi connectivity index (χ0) is 20.1. The Morgan fingerprint density at radius 3 is 2.63 bits per heavy atom. The molecule has 0 aliphatic rings. The van der Waals surface area contributed by atoms with Crippen LogP contribution in [-0.4, -0.2) is 18.5 Å². The number of esters is 1. The predicted octanol–water partition coefficient (Wildman–Crippen LogP) is 5.39. The van der Waals surface area contributed by atoms with Crippen LogP contribution in [0.3, 0.4) is 0 Å². The van der Waals surface area contributed by atoms with Crippen molar-refractivity contribution >= 4 is 57.5 Å². The van der Waals surface area contributed by atoms with Gasteiger partial charge in [-0.3, -0.25) is 4.79 Å². The van der Waals surface area contributed by atoms with Gasteiger partial charge in [-0.2, -0.15) is 5.26 Å².